The molecular formula is C32H40N8O. The van der Waals surface area contributed by atoms with E-state index in [-0.39, 0.29) is 5.41 Å². The molecule has 1 aliphatic rings. The third-order valence-electron chi connectivity index (χ3n) is 7.15. The standard InChI is InChI=1S/C32H40N8O/c1-22-20-34-31(37-28(22)35-26-10-8-9-24(19-26)32(3,4)5)39-29-23(2)21-33-30(38-29)36-25-11-13-27(14-12-25)41-18-17-40-15-6-7-16-40/h8-14,19-21H,6-7,15-18H2,1-5H3,(H3,33,34,35,36,37,38,39). The second-order valence-electron chi connectivity index (χ2n) is 11.6. The molecule has 0 amide bonds. The lowest BCUT2D eigenvalue weighted by Gasteiger charge is -2.20. The quantitative estimate of drug-likeness (QED) is 0.194. The molecule has 3 N–H and O–H groups in total. The van der Waals surface area contributed by atoms with Crippen LogP contribution in [0.2, 0.25) is 0 Å². The van der Waals surface area contributed by atoms with Crippen molar-refractivity contribution in [3.8, 4) is 5.75 Å². The van der Waals surface area contributed by atoms with E-state index in [2.05, 4.69) is 74.8 Å². The maximum Gasteiger partial charge on any atom is 0.230 e. The molecule has 41 heavy (non-hydrogen) atoms. The molecule has 0 radical (unpaired) electrons. The monoisotopic (exact) mass is 552 g/mol. The number of hydrogen-bond acceptors (Lipinski definition) is 9. The van der Waals surface area contributed by atoms with Crippen LogP contribution in [0, 0.1) is 13.8 Å². The molecule has 214 valence electrons. The zero-order valence-electron chi connectivity index (χ0n) is 24.7. The molecule has 9 nitrogen and oxygen atoms in total. The first-order valence-electron chi connectivity index (χ1n) is 14.3. The van der Waals surface area contributed by atoms with Gasteiger partial charge in [0.25, 0.3) is 0 Å². The number of rotatable bonds is 10. The molecule has 0 atom stereocenters. The predicted octanol–water partition coefficient (Wildman–Crippen LogP) is 6.89. The van der Waals surface area contributed by atoms with Gasteiger partial charge in [0.05, 0.1) is 0 Å². The lowest BCUT2D eigenvalue weighted by molar-refractivity contribution is 0.238. The van der Waals surface area contributed by atoms with Gasteiger partial charge in [0.15, 0.2) is 0 Å². The second kappa shape index (κ2) is 12.5. The van der Waals surface area contributed by atoms with Crippen molar-refractivity contribution in [2.75, 3.05) is 42.2 Å². The van der Waals surface area contributed by atoms with Crippen molar-refractivity contribution in [2.45, 2.75) is 52.9 Å². The van der Waals surface area contributed by atoms with Gasteiger partial charge in [-0.1, -0.05) is 32.9 Å². The molecule has 1 saturated heterocycles. The Bertz CT molecular complexity index is 1460. The van der Waals surface area contributed by atoms with Crippen molar-refractivity contribution in [1.29, 1.82) is 0 Å². The topological polar surface area (TPSA) is 100 Å². The van der Waals surface area contributed by atoms with Crippen LogP contribution in [0.1, 0.15) is 50.3 Å². The highest BCUT2D eigenvalue weighted by molar-refractivity contribution is 5.63. The normalized spacial score (nSPS) is 13.7. The fourth-order valence-corrected chi connectivity index (χ4v) is 4.63. The van der Waals surface area contributed by atoms with Gasteiger partial charge < -0.3 is 20.7 Å². The molecule has 2 aromatic carbocycles. The summed E-state index contributed by atoms with van der Waals surface area (Å²) >= 11 is 0. The van der Waals surface area contributed by atoms with Crippen LogP contribution in [0.5, 0.6) is 5.75 Å². The van der Waals surface area contributed by atoms with E-state index in [4.69, 9.17) is 9.72 Å². The van der Waals surface area contributed by atoms with Crippen molar-refractivity contribution in [3.05, 3.63) is 77.6 Å². The Labute approximate surface area is 242 Å². The van der Waals surface area contributed by atoms with Crippen LogP contribution < -0.4 is 20.7 Å². The highest BCUT2D eigenvalue weighted by Gasteiger charge is 2.15. The van der Waals surface area contributed by atoms with E-state index < -0.39 is 0 Å². The minimum atomic E-state index is 0.0598. The van der Waals surface area contributed by atoms with E-state index >= 15 is 0 Å². The Hall–Kier alpha value is -4.24. The zero-order chi connectivity index (χ0) is 28.8. The Morgan fingerprint density at radius 3 is 2.07 bits per heavy atom. The third-order valence-corrected chi connectivity index (χ3v) is 7.15. The van der Waals surface area contributed by atoms with Gasteiger partial charge in [-0.3, -0.25) is 4.90 Å². The van der Waals surface area contributed by atoms with Gasteiger partial charge in [-0.05, 0) is 87.2 Å². The number of anilines is 6. The van der Waals surface area contributed by atoms with E-state index in [1.165, 1.54) is 31.5 Å². The SMILES string of the molecule is Cc1cnc(Nc2nc(Nc3ccc(OCCN4CCCC4)cc3)ncc2C)nc1Nc1cccc(C(C)(C)C)c1. The summed E-state index contributed by atoms with van der Waals surface area (Å²) in [5.41, 5.74) is 5.00. The van der Waals surface area contributed by atoms with Crippen molar-refractivity contribution in [1.82, 2.24) is 24.8 Å². The molecule has 0 saturated carbocycles. The molecule has 2 aromatic heterocycles. The summed E-state index contributed by atoms with van der Waals surface area (Å²) < 4.78 is 5.92. The Balaban J connectivity index is 1.23. The van der Waals surface area contributed by atoms with Crippen molar-refractivity contribution >= 4 is 34.9 Å². The van der Waals surface area contributed by atoms with Crippen molar-refractivity contribution in [2.24, 2.45) is 0 Å². The van der Waals surface area contributed by atoms with Crippen LogP contribution in [-0.2, 0) is 5.41 Å². The van der Waals surface area contributed by atoms with Crippen LogP contribution in [-0.4, -0.2) is 51.1 Å². The van der Waals surface area contributed by atoms with Crippen LogP contribution >= 0.6 is 0 Å². The minimum Gasteiger partial charge on any atom is -0.492 e. The van der Waals surface area contributed by atoms with Crippen LogP contribution in [0.4, 0.5) is 34.9 Å². The van der Waals surface area contributed by atoms with Gasteiger partial charge >= 0.3 is 0 Å². The van der Waals surface area contributed by atoms with Gasteiger partial charge in [0.2, 0.25) is 11.9 Å². The van der Waals surface area contributed by atoms with Crippen molar-refractivity contribution in [3.63, 3.8) is 0 Å². The largest absolute Gasteiger partial charge is 0.492 e. The fraction of sp³-hybridized carbons (Fsp3) is 0.375. The summed E-state index contributed by atoms with van der Waals surface area (Å²) in [6, 6.07) is 16.3. The average Bonchev–Trinajstić information content (AvgIpc) is 3.47. The lowest BCUT2D eigenvalue weighted by Crippen LogP contribution is -2.25. The first-order valence-corrected chi connectivity index (χ1v) is 14.3. The lowest BCUT2D eigenvalue weighted by atomic mass is 9.87. The molecule has 0 spiro atoms. The Kier molecular flexibility index (Phi) is 8.64. The molecule has 0 aliphatic carbocycles. The number of benzene rings is 2. The first-order chi connectivity index (χ1) is 19.7. The summed E-state index contributed by atoms with van der Waals surface area (Å²) in [4.78, 5) is 20.8. The van der Waals surface area contributed by atoms with Gasteiger partial charge in [-0.15, -0.1) is 0 Å². The minimum absolute atomic E-state index is 0.0598. The maximum atomic E-state index is 5.92. The number of ether oxygens (including phenoxy) is 1. The van der Waals surface area contributed by atoms with E-state index in [1.807, 2.05) is 44.2 Å². The third kappa shape index (κ3) is 7.70. The molecule has 3 heterocycles. The molecule has 9 heteroatoms. The van der Waals surface area contributed by atoms with E-state index in [0.717, 1.165) is 40.6 Å². The summed E-state index contributed by atoms with van der Waals surface area (Å²) in [5, 5.41) is 9.99. The number of likely N-dealkylation sites (tertiary alicyclic amines) is 1. The van der Waals surface area contributed by atoms with Gasteiger partial charge in [0, 0.05) is 41.4 Å². The average molecular weight is 553 g/mol. The highest BCUT2D eigenvalue weighted by Crippen LogP contribution is 2.27. The van der Waals surface area contributed by atoms with Gasteiger partial charge in [0.1, 0.15) is 24.0 Å². The molecule has 1 fully saturated rings. The Morgan fingerprint density at radius 2 is 1.41 bits per heavy atom. The van der Waals surface area contributed by atoms with Crippen LogP contribution in [0.3, 0.4) is 0 Å². The van der Waals surface area contributed by atoms with Crippen molar-refractivity contribution < 1.29 is 4.74 Å². The molecular weight excluding hydrogens is 512 g/mol. The van der Waals surface area contributed by atoms with E-state index in [9.17, 15) is 0 Å². The molecule has 4 aromatic rings. The zero-order valence-corrected chi connectivity index (χ0v) is 24.7. The second-order valence-corrected chi connectivity index (χ2v) is 11.6. The molecule has 0 bridgehead atoms. The number of aromatic nitrogens is 4. The predicted molar refractivity (Wildman–Crippen MR) is 166 cm³/mol. The molecule has 5 rings (SSSR count). The molecule has 0 unspecified atom stereocenters. The number of nitrogens with zero attached hydrogens (tertiary/aromatic N) is 5. The number of nitrogens with one attached hydrogen (secondary N) is 3. The number of hydrogen-bond donors (Lipinski definition) is 3. The maximum absolute atomic E-state index is 5.92. The summed E-state index contributed by atoms with van der Waals surface area (Å²) in [7, 11) is 0. The molecule has 1 aliphatic heterocycles. The van der Waals surface area contributed by atoms with Gasteiger partial charge in [-0.25, -0.2) is 9.97 Å². The summed E-state index contributed by atoms with van der Waals surface area (Å²) in [5.74, 6) is 3.15. The van der Waals surface area contributed by atoms with Crippen LogP contribution in [0.25, 0.3) is 0 Å². The van der Waals surface area contributed by atoms with Gasteiger partial charge in [-0.2, -0.15) is 9.97 Å². The van der Waals surface area contributed by atoms with E-state index in [1.54, 1.807) is 12.4 Å². The smallest absolute Gasteiger partial charge is 0.230 e. The highest BCUT2D eigenvalue weighted by atomic mass is 16.5. The number of aryl methyl sites for hydroxylation is 2. The fourth-order valence-electron chi connectivity index (χ4n) is 4.63. The first kappa shape index (κ1) is 28.3. The van der Waals surface area contributed by atoms with E-state index in [0.29, 0.717) is 24.3 Å². The van der Waals surface area contributed by atoms with Crippen LogP contribution in [0.15, 0.2) is 60.9 Å². The summed E-state index contributed by atoms with van der Waals surface area (Å²) in [6.07, 6.45) is 6.16. The Morgan fingerprint density at radius 1 is 0.780 bits per heavy atom. The summed E-state index contributed by atoms with van der Waals surface area (Å²) in [6.45, 7) is 14.6.